The fourth-order valence-electron chi connectivity index (χ4n) is 3.43. The first-order valence-electron chi connectivity index (χ1n) is 9.59. The van der Waals surface area contributed by atoms with Crippen molar-refractivity contribution < 1.29 is 22.8 Å². The molecule has 162 valence electrons. The van der Waals surface area contributed by atoms with Crippen molar-refractivity contribution in [3.8, 4) is 5.69 Å². The van der Waals surface area contributed by atoms with E-state index < -0.39 is 23.4 Å². The van der Waals surface area contributed by atoms with Gasteiger partial charge in [-0.25, -0.2) is 4.68 Å². The molecular weight excluding hydrogens is 407 g/mol. The van der Waals surface area contributed by atoms with E-state index in [1.54, 1.807) is 13.8 Å². The second-order valence-corrected chi connectivity index (χ2v) is 7.42. The monoisotopic (exact) mass is 429 g/mol. The summed E-state index contributed by atoms with van der Waals surface area (Å²) in [4.78, 5) is 27.1. The van der Waals surface area contributed by atoms with E-state index in [2.05, 4.69) is 5.10 Å². The van der Waals surface area contributed by atoms with Crippen LogP contribution in [0.2, 0.25) is 0 Å². The lowest BCUT2D eigenvalue weighted by atomic mass is 10.1. The van der Waals surface area contributed by atoms with Crippen LogP contribution in [0.3, 0.4) is 0 Å². The van der Waals surface area contributed by atoms with Crippen LogP contribution in [0, 0.1) is 20.8 Å². The van der Waals surface area contributed by atoms with Gasteiger partial charge in [0.15, 0.2) is 0 Å². The van der Waals surface area contributed by atoms with Crippen LogP contribution < -0.4 is 0 Å². The Hall–Kier alpha value is -3.42. The van der Waals surface area contributed by atoms with E-state index in [4.69, 9.17) is 0 Å². The van der Waals surface area contributed by atoms with Gasteiger partial charge in [-0.3, -0.25) is 9.59 Å². The lowest BCUT2D eigenvalue weighted by Gasteiger charge is -2.18. The lowest BCUT2D eigenvalue weighted by Crippen LogP contribution is -2.33. The molecule has 0 aliphatic heterocycles. The Balaban J connectivity index is 1.90. The number of rotatable bonds is 5. The fourth-order valence-corrected chi connectivity index (χ4v) is 3.43. The van der Waals surface area contributed by atoms with Crippen molar-refractivity contribution in [2.45, 2.75) is 33.5 Å². The third kappa shape index (κ3) is 4.52. The third-order valence-electron chi connectivity index (χ3n) is 5.15. The number of ketones is 1. The molecule has 0 saturated carbocycles. The van der Waals surface area contributed by atoms with E-state index in [9.17, 15) is 22.8 Å². The highest BCUT2D eigenvalue weighted by Gasteiger charge is 2.31. The number of Topliss-reactive ketones (excluding diaryl/α,β-unsaturated/α-hetero) is 1. The molecule has 1 heterocycles. The molecule has 2 aromatic carbocycles. The van der Waals surface area contributed by atoms with E-state index in [1.165, 1.54) is 28.8 Å². The molecule has 8 heteroatoms. The third-order valence-corrected chi connectivity index (χ3v) is 5.15. The van der Waals surface area contributed by atoms with Crippen LogP contribution in [0.25, 0.3) is 5.69 Å². The van der Waals surface area contributed by atoms with Crippen LogP contribution in [0.5, 0.6) is 0 Å². The summed E-state index contributed by atoms with van der Waals surface area (Å²) in [5, 5.41) is 4.22. The number of aryl methyl sites for hydroxylation is 2. The molecule has 3 aromatic rings. The van der Waals surface area contributed by atoms with Crippen molar-refractivity contribution in [2.24, 2.45) is 0 Å². The van der Waals surface area contributed by atoms with Crippen molar-refractivity contribution in [3.63, 3.8) is 0 Å². The number of hydrogen-bond donors (Lipinski definition) is 0. The molecular formula is C23H22F3N3O2. The summed E-state index contributed by atoms with van der Waals surface area (Å²) in [6, 6.07) is 12.2. The molecule has 0 atom stereocenters. The number of nitrogens with zero attached hydrogens (tertiary/aromatic N) is 3. The summed E-state index contributed by atoms with van der Waals surface area (Å²) in [5.74, 6) is -1.46. The Morgan fingerprint density at radius 1 is 1.03 bits per heavy atom. The first-order valence-corrected chi connectivity index (χ1v) is 9.59. The van der Waals surface area contributed by atoms with Gasteiger partial charge < -0.3 is 4.90 Å². The van der Waals surface area contributed by atoms with Crippen molar-refractivity contribution in [3.05, 3.63) is 82.2 Å². The second kappa shape index (κ2) is 8.37. The summed E-state index contributed by atoms with van der Waals surface area (Å²) < 4.78 is 40.5. The Morgan fingerprint density at radius 2 is 1.71 bits per heavy atom. The topological polar surface area (TPSA) is 55.2 Å². The SMILES string of the molecule is Cc1ccccc1CN(C)C(=O)C(=O)c1c(C)nn(-c2cccc(C(F)(F)F)c2)c1C. The zero-order valence-corrected chi connectivity index (χ0v) is 17.6. The average Bonchev–Trinajstić information content (AvgIpc) is 3.02. The molecule has 0 fully saturated rings. The Labute approximate surface area is 178 Å². The van der Waals surface area contributed by atoms with Gasteiger partial charge in [-0.1, -0.05) is 30.3 Å². The highest BCUT2D eigenvalue weighted by atomic mass is 19.4. The molecule has 0 unspecified atom stereocenters. The molecule has 0 aliphatic carbocycles. The van der Waals surface area contributed by atoms with Gasteiger partial charge in [0.25, 0.3) is 11.7 Å². The molecule has 1 aromatic heterocycles. The Morgan fingerprint density at radius 3 is 2.35 bits per heavy atom. The first-order chi connectivity index (χ1) is 14.5. The normalized spacial score (nSPS) is 11.5. The predicted octanol–water partition coefficient (Wildman–Crippen LogP) is 4.66. The van der Waals surface area contributed by atoms with Crippen LogP contribution in [0.1, 0.15) is 38.4 Å². The van der Waals surface area contributed by atoms with E-state index in [0.717, 1.165) is 23.3 Å². The minimum absolute atomic E-state index is 0.0963. The molecule has 31 heavy (non-hydrogen) atoms. The molecule has 5 nitrogen and oxygen atoms in total. The zero-order valence-electron chi connectivity index (χ0n) is 17.6. The fraction of sp³-hybridized carbons (Fsp3) is 0.261. The van der Waals surface area contributed by atoms with E-state index >= 15 is 0 Å². The van der Waals surface area contributed by atoms with Crippen molar-refractivity contribution >= 4 is 11.7 Å². The smallest absolute Gasteiger partial charge is 0.335 e. The molecule has 0 N–H and O–H groups in total. The van der Waals surface area contributed by atoms with Crippen molar-refractivity contribution in [1.29, 1.82) is 0 Å². The molecule has 0 radical (unpaired) electrons. The second-order valence-electron chi connectivity index (χ2n) is 7.42. The Bertz CT molecular complexity index is 1150. The van der Waals surface area contributed by atoms with Gasteiger partial charge in [-0.05, 0) is 50.1 Å². The largest absolute Gasteiger partial charge is 0.416 e. The van der Waals surface area contributed by atoms with Gasteiger partial charge in [0.05, 0.1) is 28.2 Å². The van der Waals surface area contributed by atoms with Gasteiger partial charge >= 0.3 is 6.18 Å². The quantitative estimate of drug-likeness (QED) is 0.438. The van der Waals surface area contributed by atoms with Gasteiger partial charge in [-0.15, -0.1) is 0 Å². The Kier molecular flexibility index (Phi) is 6.01. The summed E-state index contributed by atoms with van der Waals surface area (Å²) in [6.07, 6.45) is -4.50. The number of likely N-dealkylation sites (N-methyl/N-ethyl adjacent to an activating group) is 1. The van der Waals surface area contributed by atoms with Gasteiger partial charge in [0, 0.05) is 13.6 Å². The standard InChI is InChI=1S/C23H22F3N3O2/c1-14-8-5-6-9-17(14)13-28(4)22(31)21(30)20-15(2)27-29(16(20)3)19-11-7-10-18(12-19)23(24,25)26/h5-12H,13H2,1-4H3. The number of halogens is 3. The highest BCUT2D eigenvalue weighted by molar-refractivity contribution is 6.43. The summed E-state index contributed by atoms with van der Waals surface area (Å²) in [5.41, 5.74) is 1.93. The number of aromatic nitrogens is 2. The van der Waals surface area contributed by atoms with Gasteiger partial charge in [-0.2, -0.15) is 18.3 Å². The number of benzene rings is 2. The highest BCUT2D eigenvalue weighted by Crippen LogP contribution is 2.31. The molecule has 1 amide bonds. The van der Waals surface area contributed by atoms with Crippen LogP contribution in [0.4, 0.5) is 13.2 Å². The lowest BCUT2D eigenvalue weighted by molar-refractivity contribution is -0.137. The minimum Gasteiger partial charge on any atom is -0.335 e. The van der Waals surface area contributed by atoms with Crippen molar-refractivity contribution in [2.75, 3.05) is 7.05 Å². The van der Waals surface area contributed by atoms with Crippen LogP contribution in [0.15, 0.2) is 48.5 Å². The number of amides is 1. The average molecular weight is 429 g/mol. The van der Waals surface area contributed by atoms with Gasteiger partial charge in [0.1, 0.15) is 0 Å². The summed E-state index contributed by atoms with van der Waals surface area (Å²) in [6.45, 7) is 5.29. The predicted molar refractivity (Wildman–Crippen MR) is 110 cm³/mol. The van der Waals surface area contributed by atoms with E-state index in [1.807, 2.05) is 31.2 Å². The van der Waals surface area contributed by atoms with Crippen molar-refractivity contribution in [1.82, 2.24) is 14.7 Å². The number of carbonyl (C=O) groups is 2. The maximum absolute atomic E-state index is 13.1. The summed E-state index contributed by atoms with van der Waals surface area (Å²) in [7, 11) is 1.54. The number of hydrogen-bond acceptors (Lipinski definition) is 3. The number of carbonyl (C=O) groups excluding carboxylic acids is 2. The molecule has 0 spiro atoms. The first kappa shape index (κ1) is 22.3. The van der Waals surface area contributed by atoms with E-state index in [-0.39, 0.29) is 23.5 Å². The minimum atomic E-state index is -4.50. The molecule has 0 saturated heterocycles. The number of alkyl halides is 3. The van der Waals surface area contributed by atoms with Gasteiger partial charge in [0.2, 0.25) is 0 Å². The van der Waals surface area contributed by atoms with E-state index in [0.29, 0.717) is 5.69 Å². The van der Waals surface area contributed by atoms with Crippen LogP contribution in [-0.4, -0.2) is 33.4 Å². The maximum atomic E-state index is 13.1. The molecule has 3 rings (SSSR count). The maximum Gasteiger partial charge on any atom is 0.416 e. The van der Waals surface area contributed by atoms with Crippen LogP contribution >= 0.6 is 0 Å². The molecule has 0 aliphatic rings. The molecule has 0 bridgehead atoms. The van der Waals surface area contributed by atoms with Crippen LogP contribution in [-0.2, 0) is 17.5 Å². The zero-order chi connectivity index (χ0) is 22.9. The summed E-state index contributed by atoms with van der Waals surface area (Å²) >= 11 is 0.